The lowest BCUT2D eigenvalue weighted by Crippen LogP contribution is -2.20. The van der Waals surface area contributed by atoms with Gasteiger partial charge in [-0.2, -0.15) is 0 Å². The summed E-state index contributed by atoms with van der Waals surface area (Å²) in [5, 5.41) is 3.43. The second-order valence-corrected chi connectivity index (χ2v) is 5.61. The van der Waals surface area contributed by atoms with Gasteiger partial charge in [-0.15, -0.1) is 0 Å². The van der Waals surface area contributed by atoms with E-state index in [0.717, 1.165) is 15.7 Å². The predicted molar refractivity (Wildman–Crippen MR) is 84.5 cm³/mol. The van der Waals surface area contributed by atoms with Crippen LogP contribution in [-0.2, 0) is 4.79 Å². The Kier molecular flexibility index (Phi) is 5.04. The largest absolute Gasteiger partial charge is 0.484 e. The second kappa shape index (κ2) is 6.77. The van der Waals surface area contributed by atoms with Gasteiger partial charge in [0, 0.05) is 15.2 Å². The fourth-order valence-corrected chi connectivity index (χ4v) is 2.26. The SMILES string of the molecule is Cc1cc(Cl)ccc1NC(=O)COc1cccc(Br)c1. The Morgan fingerprint density at radius 1 is 1.30 bits per heavy atom. The second-order valence-electron chi connectivity index (χ2n) is 4.25. The molecule has 5 heteroatoms. The van der Waals surface area contributed by atoms with E-state index >= 15 is 0 Å². The topological polar surface area (TPSA) is 38.3 Å². The van der Waals surface area contributed by atoms with Gasteiger partial charge in [0.15, 0.2) is 6.61 Å². The summed E-state index contributed by atoms with van der Waals surface area (Å²) >= 11 is 9.21. The Bertz CT molecular complexity index is 631. The molecule has 0 atom stereocenters. The lowest BCUT2D eigenvalue weighted by Gasteiger charge is -2.10. The number of hydrogen-bond donors (Lipinski definition) is 1. The summed E-state index contributed by atoms with van der Waals surface area (Å²) < 4.78 is 6.32. The average molecular weight is 355 g/mol. The minimum absolute atomic E-state index is 0.0431. The highest BCUT2D eigenvalue weighted by molar-refractivity contribution is 9.10. The van der Waals surface area contributed by atoms with Gasteiger partial charge in [-0.3, -0.25) is 4.79 Å². The van der Waals surface area contributed by atoms with Crippen molar-refractivity contribution in [2.24, 2.45) is 0 Å². The highest BCUT2D eigenvalue weighted by Crippen LogP contribution is 2.20. The van der Waals surface area contributed by atoms with Crippen molar-refractivity contribution in [3.8, 4) is 5.75 Å². The molecule has 0 aliphatic carbocycles. The Hall–Kier alpha value is -1.52. The molecule has 0 aromatic heterocycles. The molecule has 0 saturated heterocycles. The molecule has 104 valence electrons. The van der Waals surface area contributed by atoms with Crippen molar-refractivity contribution in [3.05, 3.63) is 57.5 Å². The van der Waals surface area contributed by atoms with E-state index in [4.69, 9.17) is 16.3 Å². The first kappa shape index (κ1) is 14.9. The number of carbonyl (C=O) groups excluding carboxylic acids is 1. The summed E-state index contributed by atoms with van der Waals surface area (Å²) in [5.41, 5.74) is 1.64. The number of benzene rings is 2. The first-order valence-corrected chi connectivity index (χ1v) is 7.16. The average Bonchev–Trinajstić information content (AvgIpc) is 2.40. The standard InChI is InChI=1S/C15H13BrClNO2/c1-10-7-12(17)5-6-14(10)18-15(19)9-20-13-4-2-3-11(16)8-13/h2-8H,9H2,1H3,(H,18,19). The molecule has 0 unspecified atom stereocenters. The van der Waals surface area contributed by atoms with E-state index in [1.165, 1.54) is 0 Å². The molecule has 0 aliphatic rings. The first-order chi connectivity index (χ1) is 9.54. The van der Waals surface area contributed by atoms with E-state index in [9.17, 15) is 4.79 Å². The van der Waals surface area contributed by atoms with Crippen molar-refractivity contribution >= 4 is 39.1 Å². The van der Waals surface area contributed by atoms with Crippen molar-refractivity contribution in [2.45, 2.75) is 6.92 Å². The third-order valence-corrected chi connectivity index (χ3v) is 3.36. The predicted octanol–water partition coefficient (Wildman–Crippen LogP) is 4.43. The summed E-state index contributed by atoms with van der Waals surface area (Å²) in [6.07, 6.45) is 0. The number of amides is 1. The van der Waals surface area contributed by atoms with Crippen LogP contribution in [0.3, 0.4) is 0 Å². The van der Waals surface area contributed by atoms with Gasteiger partial charge >= 0.3 is 0 Å². The number of rotatable bonds is 4. The van der Waals surface area contributed by atoms with Gasteiger partial charge in [0.1, 0.15) is 5.75 Å². The maximum Gasteiger partial charge on any atom is 0.262 e. The zero-order valence-corrected chi connectivity index (χ0v) is 13.2. The van der Waals surface area contributed by atoms with Gasteiger partial charge in [0.2, 0.25) is 0 Å². The van der Waals surface area contributed by atoms with Crippen LogP contribution in [0.1, 0.15) is 5.56 Å². The molecular formula is C15H13BrClNO2. The summed E-state index contributed by atoms with van der Waals surface area (Å²) in [7, 11) is 0. The maximum atomic E-state index is 11.8. The zero-order chi connectivity index (χ0) is 14.5. The molecule has 0 bridgehead atoms. The van der Waals surface area contributed by atoms with Crippen LogP contribution in [0.15, 0.2) is 46.9 Å². The number of ether oxygens (including phenoxy) is 1. The molecule has 0 saturated carbocycles. The number of anilines is 1. The summed E-state index contributed by atoms with van der Waals surface area (Å²) in [6, 6.07) is 12.7. The Morgan fingerprint density at radius 2 is 2.10 bits per heavy atom. The maximum absolute atomic E-state index is 11.8. The highest BCUT2D eigenvalue weighted by Gasteiger charge is 2.06. The summed E-state index contributed by atoms with van der Waals surface area (Å²) in [4.78, 5) is 11.8. The number of nitrogens with one attached hydrogen (secondary N) is 1. The Balaban J connectivity index is 1.92. The Morgan fingerprint density at radius 3 is 2.80 bits per heavy atom. The molecule has 1 N–H and O–H groups in total. The normalized spacial score (nSPS) is 10.2. The molecule has 3 nitrogen and oxygen atoms in total. The minimum Gasteiger partial charge on any atom is -0.484 e. The smallest absolute Gasteiger partial charge is 0.262 e. The molecule has 0 fully saturated rings. The van der Waals surface area contributed by atoms with Gasteiger partial charge in [-0.1, -0.05) is 33.6 Å². The van der Waals surface area contributed by atoms with Crippen LogP contribution in [0.5, 0.6) is 5.75 Å². The van der Waals surface area contributed by atoms with Crippen molar-refractivity contribution in [1.29, 1.82) is 0 Å². The van der Waals surface area contributed by atoms with E-state index in [1.807, 2.05) is 19.1 Å². The first-order valence-electron chi connectivity index (χ1n) is 5.99. The van der Waals surface area contributed by atoms with Crippen LogP contribution in [0.25, 0.3) is 0 Å². The summed E-state index contributed by atoms with van der Waals surface area (Å²) in [6.45, 7) is 1.84. The van der Waals surface area contributed by atoms with Crippen LogP contribution in [0, 0.1) is 6.92 Å². The fraction of sp³-hybridized carbons (Fsp3) is 0.133. The molecule has 0 spiro atoms. The quantitative estimate of drug-likeness (QED) is 0.882. The van der Waals surface area contributed by atoms with Gasteiger partial charge in [0.05, 0.1) is 0 Å². The van der Waals surface area contributed by atoms with Crippen molar-refractivity contribution < 1.29 is 9.53 Å². The number of hydrogen-bond acceptors (Lipinski definition) is 2. The van der Waals surface area contributed by atoms with Crippen molar-refractivity contribution in [1.82, 2.24) is 0 Å². The zero-order valence-electron chi connectivity index (χ0n) is 10.8. The molecule has 0 heterocycles. The van der Waals surface area contributed by atoms with Crippen LogP contribution in [0.4, 0.5) is 5.69 Å². The van der Waals surface area contributed by atoms with E-state index in [-0.39, 0.29) is 12.5 Å². The van der Waals surface area contributed by atoms with Crippen LogP contribution in [0.2, 0.25) is 5.02 Å². The minimum atomic E-state index is -0.213. The lowest BCUT2D eigenvalue weighted by atomic mass is 10.2. The Labute approximate surface area is 131 Å². The lowest BCUT2D eigenvalue weighted by molar-refractivity contribution is -0.118. The van der Waals surface area contributed by atoms with Crippen molar-refractivity contribution in [2.75, 3.05) is 11.9 Å². The number of carbonyl (C=O) groups is 1. The summed E-state index contributed by atoms with van der Waals surface area (Å²) in [5.74, 6) is 0.428. The third-order valence-electron chi connectivity index (χ3n) is 2.63. The molecule has 2 rings (SSSR count). The van der Waals surface area contributed by atoms with Crippen molar-refractivity contribution in [3.63, 3.8) is 0 Å². The van der Waals surface area contributed by atoms with Crippen LogP contribution in [-0.4, -0.2) is 12.5 Å². The van der Waals surface area contributed by atoms with E-state index in [2.05, 4.69) is 21.2 Å². The highest BCUT2D eigenvalue weighted by atomic mass is 79.9. The molecule has 2 aromatic carbocycles. The molecular weight excluding hydrogens is 342 g/mol. The van der Waals surface area contributed by atoms with Gasteiger partial charge in [0.25, 0.3) is 5.91 Å². The third kappa shape index (κ3) is 4.25. The van der Waals surface area contributed by atoms with Gasteiger partial charge < -0.3 is 10.1 Å². The molecule has 0 radical (unpaired) electrons. The molecule has 0 aliphatic heterocycles. The van der Waals surface area contributed by atoms with Gasteiger partial charge in [-0.05, 0) is 48.9 Å². The molecule has 2 aromatic rings. The van der Waals surface area contributed by atoms with E-state index in [1.54, 1.807) is 30.3 Å². The van der Waals surface area contributed by atoms with Crippen LogP contribution >= 0.6 is 27.5 Å². The van der Waals surface area contributed by atoms with E-state index in [0.29, 0.717) is 10.8 Å². The monoisotopic (exact) mass is 353 g/mol. The fourth-order valence-electron chi connectivity index (χ4n) is 1.66. The van der Waals surface area contributed by atoms with Gasteiger partial charge in [-0.25, -0.2) is 0 Å². The van der Waals surface area contributed by atoms with Crippen LogP contribution < -0.4 is 10.1 Å². The van der Waals surface area contributed by atoms with E-state index < -0.39 is 0 Å². The number of halogens is 2. The number of aryl methyl sites for hydroxylation is 1. The molecule has 1 amide bonds. The molecule has 20 heavy (non-hydrogen) atoms.